The molecule has 1 aliphatic rings. The molecule has 0 bridgehead atoms. The number of thiophene rings is 1. The number of methoxy groups -OCH3 is 1. The molecule has 8 heteroatoms. The summed E-state index contributed by atoms with van der Waals surface area (Å²) in [6, 6.07) is 0. The summed E-state index contributed by atoms with van der Waals surface area (Å²) in [5.74, 6) is -0.639. The molecule has 0 radical (unpaired) electrons. The number of carbonyl (C=O) groups is 1. The van der Waals surface area contributed by atoms with Crippen LogP contribution >= 0.6 is 11.3 Å². The van der Waals surface area contributed by atoms with E-state index in [0.29, 0.717) is 23.2 Å². The first-order valence-electron chi connectivity index (χ1n) is 6.80. The Kier molecular flexibility index (Phi) is 3.45. The Morgan fingerprint density at radius 2 is 2.18 bits per heavy atom. The summed E-state index contributed by atoms with van der Waals surface area (Å²) in [4.78, 5) is 40.2. The number of esters is 1. The van der Waals surface area contributed by atoms with Crippen LogP contribution in [0.4, 0.5) is 0 Å². The van der Waals surface area contributed by atoms with Gasteiger partial charge in [-0.1, -0.05) is 0 Å². The Bertz CT molecular complexity index is 874. The molecule has 0 unspecified atom stereocenters. The van der Waals surface area contributed by atoms with Gasteiger partial charge in [0.2, 0.25) is 0 Å². The smallest absolute Gasteiger partial charge is 0.329 e. The van der Waals surface area contributed by atoms with Crippen LogP contribution in [0.2, 0.25) is 0 Å². The molecule has 0 spiro atoms. The maximum Gasteiger partial charge on any atom is 0.329 e. The van der Waals surface area contributed by atoms with Crippen molar-refractivity contribution in [2.45, 2.75) is 39.0 Å². The molecular weight excluding hydrogens is 308 g/mol. The summed E-state index contributed by atoms with van der Waals surface area (Å²) in [5, 5.41) is 0.472. The molecule has 0 atom stereocenters. The van der Waals surface area contributed by atoms with Crippen LogP contribution in [0, 0.1) is 0 Å². The standard InChI is InChI=1S/C14H16N2O5S/c1-14(2)4-7-8(6-21-14)22-11-10(7)12(18)16(13(19)15-11)5-9(17)20-3/h4-6H2,1-3H3,(H,15,19). The quantitative estimate of drug-likeness (QED) is 0.824. The average Bonchev–Trinajstić information content (AvgIpc) is 2.79. The fourth-order valence-corrected chi connectivity index (χ4v) is 3.71. The van der Waals surface area contributed by atoms with Crippen molar-refractivity contribution in [3.05, 3.63) is 31.3 Å². The lowest BCUT2D eigenvalue weighted by Gasteiger charge is -2.29. The van der Waals surface area contributed by atoms with E-state index in [1.54, 1.807) is 0 Å². The van der Waals surface area contributed by atoms with E-state index in [2.05, 4.69) is 9.72 Å². The summed E-state index contributed by atoms with van der Waals surface area (Å²) in [7, 11) is 1.21. The maximum atomic E-state index is 12.6. The molecular formula is C14H16N2O5S. The van der Waals surface area contributed by atoms with Crippen LogP contribution in [0.25, 0.3) is 10.2 Å². The Morgan fingerprint density at radius 3 is 2.86 bits per heavy atom. The summed E-state index contributed by atoms with van der Waals surface area (Å²) in [6.07, 6.45) is 0.585. The summed E-state index contributed by atoms with van der Waals surface area (Å²) < 4.78 is 11.2. The third-order valence-electron chi connectivity index (χ3n) is 3.73. The van der Waals surface area contributed by atoms with Crippen molar-refractivity contribution in [3.8, 4) is 0 Å². The first kappa shape index (κ1) is 15.0. The second kappa shape index (κ2) is 5.06. The number of nitrogens with one attached hydrogen (secondary N) is 1. The number of hydrogen-bond acceptors (Lipinski definition) is 6. The number of hydrogen-bond donors (Lipinski definition) is 1. The lowest BCUT2D eigenvalue weighted by atomic mass is 9.94. The Balaban J connectivity index is 2.24. The number of carbonyl (C=O) groups excluding carboxylic acids is 1. The van der Waals surface area contributed by atoms with Gasteiger partial charge in [0.1, 0.15) is 11.4 Å². The predicted molar refractivity (Wildman–Crippen MR) is 81.3 cm³/mol. The van der Waals surface area contributed by atoms with Gasteiger partial charge < -0.3 is 9.47 Å². The van der Waals surface area contributed by atoms with Gasteiger partial charge in [-0.3, -0.25) is 14.6 Å². The van der Waals surface area contributed by atoms with Crippen LogP contribution in [0.3, 0.4) is 0 Å². The Morgan fingerprint density at radius 1 is 1.45 bits per heavy atom. The molecule has 2 aromatic heterocycles. The molecule has 22 heavy (non-hydrogen) atoms. The van der Waals surface area contributed by atoms with E-state index in [4.69, 9.17) is 4.74 Å². The van der Waals surface area contributed by atoms with E-state index in [1.807, 2.05) is 13.8 Å². The summed E-state index contributed by atoms with van der Waals surface area (Å²) >= 11 is 1.35. The highest BCUT2D eigenvalue weighted by Crippen LogP contribution is 2.36. The van der Waals surface area contributed by atoms with Crippen LogP contribution < -0.4 is 11.2 Å². The van der Waals surface area contributed by atoms with Gasteiger partial charge in [-0.05, 0) is 19.4 Å². The molecule has 0 fully saturated rings. The van der Waals surface area contributed by atoms with E-state index in [0.717, 1.165) is 15.0 Å². The lowest BCUT2D eigenvalue weighted by Crippen LogP contribution is -2.38. The zero-order chi connectivity index (χ0) is 16.1. The van der Waals surface area contributed by atoms with Gasteiger partial charge in [0, 0.05) is 11.3 Å². The molecule has 3 rings (SSSR count). The molecule has 118 valence electrons. The predicted octanol–water partition coefficient (Wildman–Crippen LogP) is 0.776. The van der Waals surface area contributed by atoms with Gasteiger partial charge in [0.05, 0.1) is 24.7 Å². The molecule has 2 aromatic rings. The highest BCUT2D eigenvalue weighted by atomic mass is 32.1. The molecule has 0 saturated carbocycles. The van der Waals surface area contributed by atoms with Crippen LogP contribution in [-0.4, -0.2) is 28.2 Å². The minimum atomic E-state index is -0.639. The van der Waals surface area contributed by atoms with Crippen molar-refractivity contribution in [1.29, 1.82) is 0 Å². The van der Waals surface area contributed by atoms with Crippen molar-refractivity contribution in [2.24, 2.45) is 0 Å². The van der Waals surface area contributed by atoms with Gasteiger partial charge in [-0.2, -0.15) is 0 Å². The normalized spacial score (nSPS) is 16.5. The number of aromatic nitrogens is 2. The molecule has 0 saturated heterocycles. The SMILES string of the molecule is COC(=O)Cn1c(=O)[nH]c2sc3c(c2c1=O)CC(C)(C)OC3. The van der Waals surface area contributed by atoms with Crippen molar-refractivity contribution >= 4 is 27.5 Å². The molecule has 1 N–H and O–H groups in total. The third kappa shape index (κ3) is 2.38. The highest BCUT2D eigenvalue weighted by Gasteiger charge is 2.31. The summed E-state index contributed by atoms with van der Waals surface area (Å²) in [5.41, 5.74) is -0.534. The summed E-state index contributed by atoms with van der Waals surface area (Å²) in [6.45, 7) is 3.93. The van der Waals surface area contributed by atoms with Crippen LogP contribution in [0.5, 0.6) is 0 Å². The van der Waals surface area contributed by atoms with E-state index < -0.39 is 23.8 Å². The van der Waals surface area contributed by atoms with Gasteiger partial charge in [-0.25, -0.2) is 9.36 Å². The number of fused-ring (bicyclic) bond motifs is 3. The first-order chi connectivity index (χ1) is 10.3. The molecule has 3 heterocycles. The number of H-pyrrole nitrogens is 1. The van der Waals surface area contributed by atoms with Gasteiger partial charge in [-0.15, -0.1) is 11.3 Å². The molecule has 0 amide bonds. The highest BCUT2D eigenvalue weighted by molar-refractivity contribution is 7.18. The van der Waals surface area contributed by atoms with Gasteiger partial charge in [0.15, 0.2) is 0 Å². The first-order valence-corrected chi connectivity index (χ1v) is 7.62. The molecule has 0 aromatic carbocycles. The number of nitrogens with zero attached hydrogens (tertiary/aromatic N) is 1. The number of aromatic amines is 1. The average molecular weight is 324 g/mol. The van der Waals surface area contributed by atoms with Crippen molar-refractivity contribution in [2.75, 3.05) is 7.11 Å². The monoisotopic (exact) mass is 324 g/mol. The van der Waals surface area contributed by atoms with Crippen LogP contribution in [-0.2, 0) is 33.8 Å². The Labute approximate surface area is 129 Å². The third-order valence-corrected chi connectivity index (χ3v) is 4.85. The molecule has 1 aliphatic heterocycles. The van der Waals surface area contributed by atoms with E-state index in [-0.39, 0.29) is 5.60 Å². The maximum absolute atomic E-state index is 12.6. The van der Waals surface area contributed by atoms with Crippen LogP contribution in [0.1, 0.15) is 24.3 Å². The molecule has 7 nitrogen and oxygen atoms in total. The second-order valence-electron chi connectivity index (χ2n) is 5.83. The minimum Gasteiger partial charge on any atom is -0.468 e. The lowest BCUT2D eigenvalue weighted by molar-refractivity contribution is -0.141. The van der Waals surface area contributed by atoms with Gasteiger partial charge in [0.25, 0.3) is 5.56 Å². The van der Waals surface area contributed by atoms with E-state index in [1.165, 1.54) is 18.4 Å². The largest absolute Gasteiger partial charge is 0.468 e. The van der Waals surface area contributed by atoms with E-state index >= 15 is 0 Å². The zero-order valence-corrected chi connectivity index (χ0v) is 13.3. The molecule has 0 aliphatic carbocycles. The van der Waals surface area contributed by atoms with Crippen molar-refractivity contribution in [3.63, 3.8) is 0 Å². The van der Waals surface area contributed by atoms with Crippen molar-refractivity contribution in [1.82, 2.24) is 9.55 Å². The van der Waals surface area contributed by atoms with Crippen molar-refractivity contribution < 1.29 is 14.3 Å². The van der Waals surface area contributed by atoms with Crippen LogP contribution in [0.15, 0.2) is 9.59 Å². The fourth-order valence-electron chi connectivity index (χ4n) is 2.60. The van der Waals surface area contributed by atoms with Gasteiger partial charge >= 0.3 is 11.7 Å². The topological polar surface area (TPSA) is 90.4 Å². The zero-order valence-electron chi connectivity index (χ0n) is 12.5. The second-order valence-corrected chi connectivity index (χ2v) is 6.94. The Hall–Kier alpha value is -1.93. The number of rotatable bonds is 2. The fraction of sp³-hybridized carbons (Fsp3) is 0.500. The van der Waals surface area contributed by atoms with E-state index in [9.17, 15) is 14.4 Å². The minimum absolute atomic E-state index is 0.364. The number of ether oxygens (including phenoxy) is 2.